The van der Waals surface area contributed by atoms with E-state index in [-0.39, 0.29) is 5.82 Å². The van der Waals surface area contributed by atoms with Crippen LogP contribution in [0.5, 0.6) is 0 Å². The van der Waals surface area contributed by atoms with E-state index in [4.69, 9.17) is 10.5 Å². The molecular weight excluding hydrogens is 259 g/mol. The van der Waals surface area contributed by atoms with Gasteiger partial charge in [0.05, 0.1) is 23.5 Å². The minimum atomic E-state index is -0.421. The number of hydrogen-bond acceptors (Lipinski definition) is 4. The van der Waals surface area contributed by atoms with Crippen LogP contribution in [-0.2, 0) is 4.74 Å². The van der Waals surface area contributed by atoms with Crippen molar-refractivity contribution in [1.82, 2.24) is 0 Å². The fourth-order valence-corrected chi connectivity index (χ4v) is 1.73. The molecule has 3 N–H and O–H groups in total. The molecular formula is C15H15FN2O2. The molecule has 0 aliphatic heterocycles. The zero-order valence-corrected chi connectivity index (χ0v) is 11.0. The molecule has 0 saturated heterocycles. The number of halogens is 1. The number of anilines is 3. The van der Waals surface area contributed by atoms with Crippen LogP contribution in [0.3, 0.4) is 0 Å². The Bertz CT molecular complexity index is 629. The average molecular weight is 274 g/mol. The third-order valence-corrected chi connectivity index (χ3v) is 2.67. The molecule has 0 bridgehead atoms. The van der Waals surface area contributed by atoms with E-state index in [1.807, 2.05) is 0 Å². The second-order valence-electron chi connectivity index (χ2n) is 4.16. The summed E-state index contributed by atoms with van der Waals surface area (Å²) in [5.41, 5.74) is 7.77. The fraction of sp³-hybridized carbons (Fsp3) is 0.133. The topological polar surface area (TPSA) is 64.3 Å². The molecule has 0 radical (unpaired) electrons. The van der Waals surface area contributed by atoms with E-state index in [2.05, 4.69) is 5.32 Å². The minimum Gasteiger partial charge on any atom is -0.462 e. The van der Waals surface area contributed by atoms with Crippen molar-refractivity contribution in [3.63, 3.8) is 0 Å². The number of rotatable bonds is 4. The van der Waals surface area contributed by atoms with Gasteiger partial charge in [-0.3, -0.25) is 0 Å². The predicted octanol–water partition coefficient (Wildman–Crippen LogP) is 3.33. The van der Waals surface area contributed by atoms with Crippen molar-refractivity contribution in [2.45, 2.75) is 6.92 Å². The van der Waals surface area contributed by atoms with E-state index < -0.39 is 5.97 Å². The molecule has 104 valence electrons. The predicted molar refractivity (Wildman–Crippen MR) is 76.5 cm³/mol. The smallest absolute Gasteiger partial charge is 0.338 e. The molecule has 0 aliphatic rings. The molecule has 0 spiro atoms. The Labute approximate surface area is 116 Å². The zero-order chi connectivity index (χ0) is 14.5. The summed E-state index contributed by atoms with van der Waals surface area (Å²) >= 11 is 0. The molecule has 0 aliphatic carbocycles. The van der Waals surface area contributed by atoms with Gasteiger partial charge in [0, 0.05) is 5.69 Å². The Hall–Kier alpha value is -2.56. The zero-order valence-electron chi connectivity index (χ0n) is 11.0. The largest absolute Gasteiger partial charge is 0.462 e. The van der Waals surface area contributed by atoms with Crippen LogP contribution in [0.4, 0.5) is 21.5 Å². The highest BCUT2D eigenvalue weighted by molar-refractivity contribution is 5.92. The molecule has 0 aromatic heterocycles. The summed E-state index contributed by atoms with van der Waals surface area (Å²) in [4.78, 5) is 11.7. The summed E-state index contributed by atoms with van der Waals surface area (Å²) in [5.74, 6) is -0.773. The van der Waals surface area contributed by atoms with Crippen molar-refractivity contribution in [3.05, 3.63) is 53.8 Å². The van der Waals surface area contributed by atoms with Crippen LogP contribution >= 0.6 is 0 Å². The monoisotopic (exact) mass is 274 g/mol. The lowest BCUT2D eigenvalue weighted by molar-refractivity contribution is 0.0526. The quantitative estimate of drug-likeness (QED) is 0.663. The van der Waals surface area contributed by atoms with Gasteiger partial charge in [-0.2, -0.15) is 0 Å². The van der Waals surface area contributed by atoms with Gasteiger partial charge >= 0.3 is 5.97 Å². The Morgan fingerprint density at radius 1 is 1.30 bits per heavy atom. The molecule has 2 rings (SSSR count). The first kappa shape index (κ1) is 13.9. The summed E-state index contributed by atoms with van der Waals surface area (Å²) in [6, 6.07) is 10.8. The first-order chi connectivity index (χ1) is 9.60. The van der Waals surface area contributed by atoms with Crippen LogP contribution in [0.25, 0.3) is 0 Å². The normalized spacial score (nSPS) is 10.1. The first-order valence-corrected chi connectivity index (χ1v) is 6.19. The van der Waals surface area contributed by atoms with Gasteiger partial charge in [0.25, 0.3) is 0 Å². The number of nitrogens with one attached hydrogen (secondary N) is 1. The van der Waals surface area contributed by atoms with Crippen molar-refractivity contribution in [3.8, 4) is 0 Å². The third-order valence-electron chi connectivity index (χ3n) is 2.67. The lowest BCUT2D eigenvalue weighted by atomic mass is 10.1. The molecule has 0 atom stereocenters. The standard InChI is InChI=1S/C15H15FN2O2/c1-2-20-15(19)10-6-7-13(17)14(8-10)18-12-5-3-4-11(16)9-12/h3-9,18H,2,17H2,1H3. The van der Waals surface area contributed by atoms with E-state index in [1.54, 1.807) is 37.3 Å². The lowest BCUT2D eigenvalue weighted by Crippen LogP contribution is -2.06. The minimum absolute atomic E-state index is 0.301. The third kappa shape index (κ3) is 3.26. The highest BCUT2D eigenvalue weighted by Crippen LogP contribution is 2.25. The maximum atomic E-state index is 13.1. The molecule has 0 unspecified atom stereocenters. The SMILES string of the molecule is CCOC(=O)c1ccc(N)c(Nc2cccc(F)c2)c1. The van der Waals surface area contributed by atoms with Crippen LogP contribution in [-0.4, -0.2) is 12.6 Å². The Morgan fingerprint density at radius 2 is 2.10 bits per heavy atom. The summed E-state index contributed by atoms with van der Waals surface area (Å²) in [6.07, 6.45) is 0. The molecule has 4 nitrogen and oxygen atoms in total. The van der Waals surface area contributed by atoms with Crippen LogP contribution < -0.4 is 11.1 Å². The van der Waals surface area contributed by atoms with Gasteiger partial charge in [-0.15, -0.1) is 0 Å². The van der Waals surface area contributed by atoms with E-state index in [0.717, 1.165) is 0 Å². The van der Waals surface area contributed by atoms with Crippen LogP contribution in [0.1, 0.15) is 17.3 Å². The van der Waals surface area contributed by atoms with Crippen LogP contribution in [0.2, 0.25) is 0 Å². The molecule has 2 aromatic carbocycles. The van der Waals surface area contributed by atoms with Gasteiger partial charge in [-0.25, -0.2) is 9.18 Å². The van der Waals surface area contributed by atoms with E-state index in [9.17, 15) is 9.18 Å². The Kier molecular flexibility index (Phi) is 4.20. The number of nitrogens with two attached hydrogens (primary N) is 1. The molecule has 0 fully saturated rings. The fourth-order valence-electron chi connectivity index (χ4n) is 1.73. The average Bonchev–Trinajstić information content (AvgIpc) is 2.41. The summed E-state index contributed by atoms with van der Waals surface area (Å²) < 4.78 is 18.1. The number of hydrogen-bond donors (Lipinski definition) is 2. The van der Waals surface area contributed by atoms with E-state index >= 15 is 0 Å². The number of benzene rings is 2. The Morgan fingerprint density at radius 3 is 2.80 bits per heavy atom. The van der Waals surface area contributed by atoms with Crippen LogP contribution in [0, 0.1) is 5.82 Å². The van der Waals surface area contributed by atoms with Gasteiger partial charge in [-0.05, 0) is 43.3 Å². The van der Waals surface area contributed by atoms with Crippen molar-refractivity contribution in [1.29, 1.82) is 0 Å². The molecule has 5 heteroatoms. The van der Waals surface area contributed by atoms with Crippen molar-refractivity contribution in [2.75, 3.05) is 17.7 Å². The highest BCUT2D eigenvalue weighted by Gasteiger charge is 2.09. The van der Waals surface area contributed by atoms with Gasteiger partial charge in [0.1, 0.15) is 5.82 Å². The first-order valence-electron chi connectivity index (χ1n) is 6.19. The summed E-state index contributed by atoms with van der Waals surface area (Å²) in [6.45, 7) is 2.04. The van der Waals surface area contributed by atoms with Crippen molar-refractivity contribution < 1.29 is 13.9 Å². The molecule has 20 heavy (non-hydrogen) atoms. The van der Waals surface area contributed by atoms with Gasteiger partial charge in [-0.1, -0.05) is 6.07 Å². The Balaban J connectivity index is 2.27. The lowest BCUT2D eigenvalue weighted by Gasteiger charge is -2.11. The second-order valence-corrected chi connectivity index (χ2v) is 4.16. The summed E-state index contributed by atoms with van der Waals surface area (Å²) in [7, 11) is 0. The highest BCUT2D eigenvalue weighted by atomic mass is 19.1. The van der Waals surface area contributed by atoms with Crippen molar-refractivity contribution in [2.24, 2.45) is 0 Å². The van der Waals surface area contributed by atoms with Gasteiger partial charge < -0.3 is 15.8 Å². The molecule has 2 aromatic rings. The summed E-state index contributed by atoms with van der Waals surface area (Å²) in [5, 5.41) is 2.98. The molecule has 0 amide bonds. The maximum Gasteiger partial charge on any atom is 0.338 e. The van der Waals surface area contributed by atoms with E-state index in [1.165, 1.54) is 12.1 Å². The number of carbonyl (C=O) groups is 1. The van der Waals surface area contributed by atoms with Crippen molar-refractivity contribution >= 4 is 23.0 Å². The second kappa shape index (κ2) is 6.06. The van der Waals surface area contributed by atoms with Gasteiger partial charge in [0.2, 0.25) is 0 Å². The number of ether oxygens (including phenoxy) is 1. The number of nitrogen functional groups attached to an aromatic ring is 1. The van der Waals surface area contributed by atoms with Gasteiger partial charge in [0.15, 0.2) is 0 Å². The van der Waals surface area contributed by atoms with E-state index in [0.29, 0.717) is 29.2 Å². The number of esters is 1. The number of carbonyl (C=O) groups excluding carboxylic acids is 1. The molecule has 0 saturated carbocycles. The van der Waals surface area contributed by atoms with Crippen LogP contribution in [0.15, 0.2) is 42.5 Å². The maximum absolute atomic E-state index is 13.1. The molecule has 0 heterocycles.